The van der Waals surface area contributed by atoms with Crippen LogP contribution in [0, 0.1) is 17.8 Å². The van der Waals surface area contributed by atoms with Crippen LogP contribution in [-0.2, 0) is 22.6 Å². The zero-order valence-corrected chi connectivity index (χ0v) is 43.5. The van der Waals surface area contributed by atoms with Crippen LogP contribution in [-0.4, -0.2) is 148 Å². The number of rotatable bonds is 0. The number of fused-ring (bicyclic) bond motifs is 4. The van der Waals surface area contributed by atoms with E-state index in [1.165, 1.54) is 57.7 Å². The van der Waals surface area contributed by atoms with Gasteiger partial charge in [0.05, 0.1) is 25.9 Å². The van der Waals surface area contributed by atoms with E-state index in [4.69, 9.17) is 9.47 Å². The Hall–Kier alpha value is -1.15. The average Bonchev–Trinajstić information content (AvgIpc) is 3.81. The fourth-order valence-corrected chi connectivity index (χ4v) is 7.65. The number of likely N-dealkylation sites (tertiary alicyclic amines) is 1. The van der Waals surface area contributed by atoms with Gasteiger partial charge in [-0.1, -0.05) is 118 Å². The molecule has 1 aromatic heterocycles. The molecule has 0 saturated carbocycles. The van der Waals surface area contributed by atoms with Crippen LogP contribution < -0.4 is 21.3 Å². The lowest BCUT2D eigenvalue weighted by molar-refractivity contribution is -0.0730. The molecule has 7 aliphatic rings. The third kappa shape index (κ3) is 26.8. The van der Waals surface area contributed by atoms with E-state index in [-0.39, 0.29) is 6.23 Å². The maximum atomic E-state index is 5.67. The summed E-state index contributed by atoms with van der Waals surface area (Å²) in [6.07, 6.45) is 9.97. The van der Waals surface area contributed by atoms with Crippen molar-refractivity contribution in [2.45, 2.75) is 181 Å². The van der Waals surface area contributed by atoms with Crippen molar-refractivity contribution in [3.05, 3.63) is 18.2 Å². The smallest absolute Gasteiger partial charge is 0.123 e. The van der Waals surface area contributed by atoms with Gasteiger partial charge in [-0.15, -0.1) is 0 Å². The van der Waals surface area contributed by atoms with Gasteiger partial charge in [-0.3, -0.25) is 15.1 Å². The van der Waals surface area contributed by atoms with Gasteiger partial charge in [0.1, 0.15) is 12.1 Å². The lowest BCUT2D eigenvalue weighted by Gasteiger charge is -2.42. The lowest BCUT2D eigenvalue weighted by atomic mass is 9.81. The minimum absolute atomic E-state index is 0.271. The number of aromatic nitrogens is 2. The number of nitrogens with one attached hydrogen (secondary N) is 4. The predicted octanol–water partition coefficient (Wildman–Crippen LogP) is 8.69. The first kappa shape index (κ1) is 64.5. The molecular formula is C48H109N9O2. The zero-order valence-electron chi connectivity index (χ0n) is 43.5. The summed E-state index contributed by atoms with van der Waals surface area (Å²) in [6, 6.07) is 1.16. The van der Waals surface area contributed by atoms with Gasteiger partial charge in [0.25, 0.3) is 0 Å². The van der Waals surface area contributed by atoms with Crippen LogP contribution in [0.2, 0.25) is 0 Å². The molecule has 8 rings (SSSR count). The molecule has 7 atom stereocenters. The van der Waals surface area contributed by atoms with E-state index in [1.54, 1.807) is 0 Å². The van der Waals surface area contributed by atoms with Gasteiger partial charge in [-0.2, -0.15) is 0 Å². The van der Waals surface area contributed by atoms with Crippen molar-refractivity contribution >= 4 is 0 Å². The molecule has 358 valence electrons. The van der Waals surface area contributed by atoms with Crippen LogP contribution in [0.4, 0.5) is 0 Å². The summed E-state index contributed by atoms with van der Waals surface area (Å²) in [5.41, 5.74) is 0. The van der Waals surface area contributed by atoms with E-state index in [0.29, 0.717) is 18.2 Å². The Morgan fingerprint density at radius 2 is 1.22 bits per heavy atom. The Kier molecular flexibility index (Phi) is 50.7. The molecule has 0 radical (unpaired) electrons. The number of piperidine rings is 4. The van der Waals surface area contributed by atoms with E-state index in [2.05, 4.69) is 73.6 Å². The Morgan fingerprint density at radius 1 is 0.593 bits per heavy atom. The van der Waals surface area contributed by atoms with Crippen LogP contribution >= 0.6 is 0 Å². The number of likely N-dealkylation sites (N-methyl/N-ethyl adjacent to an activating group) is 2. The highest BCUT2D eigenvalue weighted by molar-refractivity contribution is 4.95. The molecule has 7 aliphatic heterocycles. The largest absolute Gasteiger partial charge is 0.375 e. The second-order valence-corrected chi connectivity index (χ2v) is 13.8. The molecule has 11 nitrogen and oxygen atoms in total. The number of ether oxygens (including phenoxy) is 2. The molecule has 0 aromatic carbocycles. The van der Waals surface area contributed by atoms with Gasteiger partial charge in [-0.05, 0) is 97.3 Å². The van der Waals surface area contributed by atoms with Crippen molar-refractivity contribution < 1.29 is 9.47 Å². The minimum atomic E-state index is 0.271. The highest BCUT2D eigenvalue weighted by Crippen LogP contribution is 2.27. The topological polar surface area (TPSA) is 94.1 Å². The number of hydrogen-bond acceptors (Lipinski definition) is 10. The van der Waals surface area contributed by atoms with Crippen LogP contribution in [0.5, 0.6) is 0 Å². The monoisotopic (exact) mass is 844 g/mol. The molecule has 0 aliphatic carbocycles. The second-order valence-electron chi connectivity index (χ2n) is 13.8. The highest BCUT2D eigenvalue weighted by Gasteiger charge is 2.33. The molecule has 59 heavy (non-hydrogen) atoms. The summed E-state index contributed by atoms with van der Waals surface area (Å²) in [6.45, 7) is 49.8. The Balaban J connectivity index is -0.000000307. The van der Waals surface area contributed by atoms with Crippen molar-refractivity contribution in [3.8, 4) is 0 Å². The Labute approximate surface area is 370 Å². The Morgan fingerprint density at radius 3 is 1.85 bits per heavy atom. The molecule has 11 heteroatoms. The summed E-state index contributed by atoms with van der Waals surface area (Å²) >= 11 is 0. The third-order valence-corrected chi connectivity index (χ3v) is 10.5. The molecule has 1 aromatic rings. The van der Waals surface area contributed by atoms with E-state index >= 15 is 0 Å². The second kappa shape index (κ2) is 46.4. The van der Waals surface area contributed by atoms with Gasteiger partial charge in [0.2, 0.25) is 0 Å². The zero-order chi connectivity index (χ0) is 46.0. The Bertz CT molecular complexity index is 901. The first-order valence-electron chi connectivity index (χ1n) is 25.2. The van der Waals surface area contributed by atoms with E-state index in [1.807, 2.05) is 123 Å². The number of imidazole rings is 1. The van der Waals surface area contributed by atoms with Crippen molar-refractivity contribution in [3.63, 3.8) is 0 Å². The molecule has 0 amide bonds. The molecule has 0 spiro atoms. The van der Waals surface area contributed by atoms with E-state index in [9.17, 15) is 0 Å². The van der Waals surface area contributed by atoms with Crippen LogP contribution in [0.3, 0.4) is 0 Å². The quantitative estimate of drug-likeness (QED) is 0.203. The summed E-state index contributed by atoms with van der Waals surface area (Å²) in [5.74, 6) is 3.92. The van der Waals surface area contributed by atoms with Gasteiger partial charge in [-0.25, -0.2) is 4.98 Å². The van der Waals surface area contributed by atoms with Crippen LogP contribution in [0.15, 0.2) is 12.4 Å². The summed E-state index contributed by atoms with van der Waals surface area (Å²) in [7, 11) is 6.55. The van der Waals surface area contributed by atoms with Gasteiger partial charge in [0, 0.05) is 63.7 Å². The molecule has 0 bridgehead atoms. The fraction of sp³-hybridized carbons (Fsp3) is 0.938. The standard InChI is InChI=1S/C9H18N2.2C8H16N2O.C7H11N3.8C2H6/c1-11-5-3-8-2-4-10-6-9(8)7-11;1-10-4-5-11-8-2-3-9-6-7(8)10;1-6-2-3-10-8-7(6)9-4-5-11-8;1-9-4-5-10-3-2-8-7(10)6-9;8*1-2/h8-10H,2-7H2,1H3;7-9H,2-6H2,1H3;6-10H,2-5H2,1H3;2-3H,4-6H2,1H3;8*1-2H3. The van der Waals surface area contributed by atoms with Gasteiger partial charge < -0.3 is 34.9 Å². The summed E-state index contributed by atoms with van der Waals surface area (Å²) < 4.78 is 13.5. The van der Waals surface area contributed by atoms with Crippen LogP contribution in [0.25, 0.3) is 0 Å². The molecular weight excluding hydrogens is 735 g/mol. The summed E-state index contributed by atoms with van der Waals surface area (Å²) in [5, 5.41) is 13.7. The maximum absolute atomic E-state index is 5.67. The SMILES string of the molecule is CC.CC.CC.CC.CC.CC.CC.CC.CC1CCNC2OCCNC12.CN1CCC2CCNCC2C1.CN1CCOC2CCNCC21.CN1CCn2ccnc2C1. The predicted molar refractivity (Wildman–Crippen MR) is 263 cm³/mol. The third-order valence-electron chi connectivity index (χ3n) is 10.5. The minimum Gasteiger partial charge on any atom is -0.375 e. The van der Waals surface area contributed by atoms with Gasteiger partial charge in [0.15, 0.2) is 0 Å². The molecule has 6 saturated heterocycles. The van der Waals surface area contributed by atoms with Crippen molar-refractivity contribution in [2.75, 3.05) is 99.8 Å². The first-order chi connectivity index (χ1) is 29.0. The lowest BCUT2D eigenvalue weighted by Crippen LogP contribution is -2.60. The number of hydrogen-bond donors (Lipinski definition) is 4. The number of morpholine rings is 2. The van der Waals surface area contributed by atoms with Crippen LogP contribution in [0.1, 0.15) is 149 Å². The van der Waals surface area contributed by atoms with Crippen molar-refractivity contribution in [1.29, 1.82) is 0 Å². The molecule has 4 N–H and O–H groups in total. The van der Waals surface area contributed by atoms with E-state index in [0.717, 1.165) is 83.3 Å². The van der Waals surface area contributed by atoms with Gasteiger partial charge >= 0.3 is 0 Å². The first-order valence-corrected chi connectivity index (χ1v) is 25.2. The van der Waals surface area contributed by atoms with Crippen molar-refractivity contribution in [1.82, 2.24) is 45.5 Å². The highest BCUT2D eigenvalue weighted by atomic mass is 16.5. The molecule has 6 fully saturated rings. The van der Waals surface area contributed by atoms with E-state index < -0.39 is 0 Å². The normalized spacial score (nSPS) is 27.4. The summed E-state index contributed by atoms with van der Waals surface area (Å²) in [4.78, 5) is 11.4. The number of nitrogens with zero attached hydrogens (tertiary/aromatic N) is 5. The fourth-order valence-electron chi connectivity index (χ4n) is 7.65. The molecule has 8 heterocycles. The molecule has 7 unspecified atom stereocenters. The average molecular weight is 844 g/mol. The maximum Gasteiger partial charge on any atom is 0.123 e. The van der Waals surface area contributed by atoms with Crippen molar-refractivity contribution in [2.24, 2.45) is 17.8 Å².